The molecule has 0 aromatic rings. The van der Waals surface area contributed by atoms with Gasteiger partial charge in [-0.15, -0.1) is 0 Å². The van der Waals surface area contributed by atoms with Crippen molar-refractivity contribution < 1.29 is 14.7 Å². The Morgan fingerprint density at radius 1 is 1.53 bits per heavy atom. The Labute approximate surface area is 89.7 Å². The van der Waals surface area contributed by atoms with Gasteiger partial charge in [0.25, 0.3) is 0 Å². The van der Waals surface area contributed by atoms with E-state index in [0.717, 1.165) is 6.42 Å². The molecule has 1 atom stereocenters. The summed E-state index contributed by atoms with van der Waals surface area (Å²) in [4.78, 5) is 25.6. The van der Waals surface area contributed by atoms with Crippen molar-refractivity contribution in [2.45, 2.75) is 19.8 Å². The van der Waals surface area contributed by atoms with Crippen molar-refractivity contribution in [3.05, 3.63) is 0 Å². The lowest BCUT2D eigenvalue weighted by Gasteiger charge is -2.23. The molecule has 1 N–H and O–H groups in total. The van der Waals surface area contributed by atoms with Crippen molar-refractivity contribution in [1.82, 2.24) is 9.80 Å². The lowest BCUT2D eigenvalue weighted by Crippen LogP contribution is -2.39. The Morgan fingerprint density at radius 2 is 2.20 bits per heavy atom. The lowest BCUT2D eigenvalue weighted by atomic mass is 10.1. The number of rotatable bonds is 3. The van der Waals surface area contributed by atoms with E-state index in [1.807, 2.05) is 6.92 Å². The van der Waals surface area contributed by atoms with Gasteiger partial charge in [0.2, 0.25) is 0 Å². The van der Waals surface area contributed by atoms with Crippen LogP contribution >= 0.6 is 0 Å². The maximum atomic E-state index is 11.7. The third-order valence-corrected chi connectivity index (χ3v) is 2.82. The highest BCUT2D eigenvalue weighted by Crippen LogP contribution is 2.20. The zero-order valence-corrected chi connectivity index (χ0v) is 9.27. The molecular formula is C10H18N2O3. The minimum atomic E-state index is -0.779. The van der Waals surface area contributed by atoms with E-state index in [-0.39, 0.29) is 18.4 Å². The van der Waals surface area contributed by atoms with E-state index < -0.39 is 5.97 Å². The molecule has 1 saturated heterocycles. The quantitative estimate of drug-likeness (QED) is 0.757. The summed E-state index contributed by atoms with van der Waals surface area (Å²) in [7, 11) is 1.76. The molecule has 0 saturated carbocycles. The second-order valence-corrected chi connectivity index (χ2v) is 4.00. The molecule has 1 unspecified atom stereocenters. The predicted molar refractivity (Wildman–Crippen MR) is 55.6 cm³/mol. The summed E-state index contributed by atoms with van der Waals surface area (Å²) in [6.45, 7) is 3.86. The molecule has 0 bridgehead atoms. The SMILES string of the molecule is CCN(C)C(=O)N1CCC(CC(=O)O)C1. The normalized spacial score (nSPS) is 20.4. The largest absolute Gasteiger partial charge is 0.481 e. The van der Waals surface area contributed by atoms with Gasteiger partial charge >= 0.3 is 12.0 Å². The average Bonchev–Trinajstić information content (AvgIpc) is 2.63. The lowest BCUT2D eigenvalue weighted by molar-refractivity contribution is -0.138. The van der Waals surface area contributed by atoms with Crippen molar-refractivity contribution in [1.29, 1.82) is 0 Å². The van der Waals surface area contributed by atoms with Crippen molar-refractivity contribution in [3.8, 4) is 0 Å². The standard InChI is InChI=1S/C10H18N2O3/c1-3-11(2)10(15)12-5-4-8(7-12)6-9(13)14/h8H,3-7H2,1-2H3,(H,13,14). The van der Waals surface area contributed by atoms with Crippen LogP contribution in [0.1, 0.15) is 19.8 Å². The molecule has 0 aliphatic carbocycles. The minimum absolute atomic E-state index is 0.00499. The summed E-state index contributed by atoms with van der Waals surface area (Å²) in [6.07, 6.45) is 0.967. The number of carboxylic acid groups (broad SMARTS) is 1. The molecule has 0 radical (unpaired) electrons. The average molecular weight is 214 g/mol. The van der Waals surface area contributed by atoms with Crippen molar-refractivity contribution in [3.63, 3.8) is 0 Å². The number of carbonyl (C=O) groups excluding carboxylic acids is 1. The van der Waals surface area contributed by atoms with E-state index in [2.05, 4.69) is 0 Å². The van der Waals surface area contributed by atoms with Gasteiger partial charge in [-0.3, -0.25) is 4.79 Å². The fourth-order valence-electron chi connectivity index (χ4n) is 1.80. The molecule has 0 aromatic heterocycles. The van der Waals surface area contributed by atoms with Crippen LogP contribution in [-0.4, -0.2) is 53.6 Å². The molecule has 0 aromatic carbocycles. The highest BCUT2D eigenvalue weighted by atomic mass is 16.4. The molecule has 0 spiro atoms. The minimum Gasteiger partial charge on any atom is -0.481 e. The summed E-state index contributed by atoms with van der Waals surface area (Å²) < 4.78 is 0. The maximum absolute atomic E-state index is 11.7. The molecule has 15 heavy (non-hydrogen) atoms. The first-order valence-corrected chi connectivity index (χ1v) is 5.26. The van der Waals surface area contributed by atoms with E-state index in [0.29, 0.717) is 19.6 Å². The van der Waals surface area contributed by atoms with E-state index >= 15 is 0 Å². The highest BCUT2D eigenvalue weighted by Gasteiger charge is 2.28. The Morgan fingerprint density at radius 3 is 2.73 bits per heavy atom. The van der Waals surface area contributed by atoms with Crippen LogP contribution in [0.15, 0.2) is 0 Å². The maximum Gasteiger partial charge on any atom is 0.319 e. The van der Waals surface area contributed by atoms with Gasteiger partial charge in [-0.2, -0.15) is 0 Å². The summed E-state index contributed by atoms with van der Waals surface area (Å²) in [6, 6.07) is 0.00499. The van der Waals surface area contributed by atoms with Crippen LogP contribution in [-0.2, 0) is 4.79 Å². The Bertz CT molecular complexity index is 255. The number of carboxylic acids is 1. The third-order valence-electron chi connectivity index (χ3n) is 2.82. The van der Waals surface area contributed by atoms with Crippen LogP contribution in [0.25, 0.3) is 0 Å². The topological polar surface area (TPSA) is 60.9 Å². The van der Waals surface area contributed by atoms with E-state index in [1.165, 1.54) is 0 Å². The number of aliphatic carboxylic acids is 1. The first-order chi connectivity index (χ1) is 7.04. The van der Waals surface area contributed by atoms with Gasteiger partial charge in [-0.1, -0.05) is 0 Å². The number of nitrogens with zero attached hydrogens (tertiary/aromatic N) is 2. The van der Waals surface area contributed by atoms with Crippen LogP contribution in [0.4, 0.5) is 4.79 Å². The van der Waals surface area contributed by atoms with E-state index in [4.69, 9.17) is 5.11 Å². The van der Waals surface area contributed by atoms with Gasteiger partial charge in [-0.05, 0) is 19.3 Å². The zero-order chi connectivity index (χ0) is 11.4. The Balaban J connectivity index is 2.42. The number of likely N-dealkylation sites (tertiary alicyclic amines) is 1. The molecule has 1 fully saturated rings. The zero-order valence-electron chi connectivity index (χ0n) is 9.27. The van der Waals surface area contributed by atoms with Gasteiger partial charge < -0.3 is 14.9 Å². The molecule has 5 heteroatoms. The monoisotopic (exact) mass is 214 g/mol. The second kappa shape index (κ2) is 5.00. The van der Waals surface area contributed by atoms with Crippen LogP contribution in [0.5, 0.6) is 0 Å². The predicted octanol–water partition coefficient (Wildman–Crippen LogP) is 0.855. The number of urea groups is 1. The fraction of sp³-hybridized carbons (Fsp3) is 0.800. The summed E-state index contributed by atoms with van der Waals surface area (Å²) in [5.41, 5.74) is 0. The smallest absolute Gasteiger partial charge is 0.319 e. The highest BCUT2D eigenvalue weighted by molar-refractivity contribution is 5.74. The van der Waals surface area contributed by atoms with Gasteiger partial charge in [0.05, 0.1) is 0 Å². The number of amides is 2. The fourth-order valence-corrected chi connectivity index (χ4v) is 1.80. The number of hydrogen-bond acceptors (Lipinski definition) is 2. The number of hydrogen-bond donors (Lipinski definition) is 1. The molecule has 1 aliphatic rings. The van der Waals surface area contributed by atoms with Gasteiger partial charge in [0.1, 0.15) is 0 Å². The van der Waals surface area contributed by atoms with Crippen molar-refractivity contribution in [2.75, 3.05) is 26.7 Å². The molecule has 1 aliphatic heterocycles. The van der Waals surface area contributed by atoms with Gasteiger partial charge in [0, 0.05) is 33.1 Å². The molecule has 1 heterocycles. The van der Waals surface area contributed by atoms with Gasteiger partial charge in [0.15, 0.2) is 0 Å². The van der Waals surface area contributed by atoms with Crippen molar-refractivity contribution >= 4 is 12.0 Å². The first-order valence-electron chi connectivity index (χ1n) is 5.26. The number of carbonyl (C=O) groups is 2. The Kier molecular flexibility index (Phi) is 3.94. The summed E-state index contributed by atoms with van der Waals surface area (Å²) >= 11 is 0. The molecular weight excluding hydrogens is 196 g/mol. The van der Waals surface area contributed by atoms with E-state index in [9.17, 15) is 9.59 Å². The third kappa shape index (κ3) is 3.11. The van der Waals surface area contributed by atoms with Crippen LogP contribution in [0, 0.1) is 5.92 Å². The van der Waals surface area contributed by atoms with Crippen LogP contribution < -0.4 is 0 Å². The summed E-state index contributed by atoms with van der Waals surface area (Å²) in [5, 5.41) is 8.64. The van der Waals surface area contributed by atoms with Crippen LogP contribution in [0.3, 0.4) is 0 Å². The molecule has 86 valence electrons. The van der Waals surface area contributed by atoms with Crippen molar-refractivity contribution in [2.24, 2.45) is 5.92 Å². The molecule has 5 nitrogen and oxygen atoms in total. The van der Waals surface area contributed by atoms with E-state index in [1.54, 1.807) is 16.8 Å². The van der Waals surface area contributed by atoms with Gasteiger partial charge in [-0.25, -0.2) is 4.79 Å². The Hall–Kier alpha value is -1.26. The first kappa shape index (κ1) is 11.8. The molecule has 1 rings (SSSR count). The molecule has 2 amide bonds. The summed E-state index contributed by atoms with van der Waals surface area (Å²) in [5.74, 6) is -0.658. The van der Waals surface area contributed by atoms with Crippen LogP contribution in [0.2, 0.25) is 0 Å². The second-order valence-electron chi connectivity index (χ2n) is 4.00.